The van der Waals surface area contributed by atoms with Crippen LogP contribution in [0.25, 0.3) is 11.3 Å². The summed E-state index contributed by atoms with van der Waals surface area (Å²) in [6.45, 7) is 0. The summed E-state index contributed by atoms with van der Waals surface area (Å²) in [5.74, 6) is 4.84. The highest BCUT2D eigenvalue weighted by molar-refractivity contribution is 5.61. The topological polar surface area (TPSA) is 53.1 Å². The third-order valence-electron chi connectivity index (χ3n) is 2.17. The quantitative estimate of drug-likeness (QED) is 0.759. The first kappa shape index (κ1) is 9.67. The average molecular weight is 207 g/mol. The largest absolute Gasteiger partial charge is 0.411 e. The van der Waals surface area contributed by atoms with Crippen molar-refractivity contribution in [3.05, 3.63) is 36.3 Å². The van der Waals surface area contributed by atoms with Crippen molar-refractivity contribution in [3.63, 3.8) is 0 Å². The van der Waals surface area contributed by atoms with E-state index in [9.17, 15) is 4.39 Å². The molecule has 5 heteroatoms. The van der Waals surface area contributed by atoms with Gasteiger partial charge in [-0.15, -0.1) is 0 Å². The van der Waals surface area contributed by atoms with E-state index in [2.05, 4.69) is 9.94 Å². The zero-order chi connectivity index (χ0) is 10.8. The summed E-state index contributed by atoms with van der Waals surface area (Å²) in [6.07, 6.45) is 1.61. The molecular weight excluding hydrogens is 197 g/mol. The second-order valence-electron chi connectivity index (χ2n) is 3.10. The molecule has 0 spiro atoms. The molecule has 0 radical (unpaired) electrons. The Morgan fingerprint density at radius 2 is 2.20 bits per heavy atom. The fourth-order valence-electron chi connectivity index (χ4n) is 1.41. The second kappa shape index (κ2) is 3.70. The second-order valence-corrected chi connectivity index (χ2v) is 3.10. The van der Waals surface area contributed by atoms with Crippen LogP contribution in [-0.4, -0.2) is 9.78 Å². The van der Waals surface area contributed by atoms with Crippen molar-refractivity contribution < 1.29 is 9.23 Å². The molecule has 0 aliphatic carbocycles. The Morgan fingerprint density at radius 1 is 1.40 bits per heavy atom. The van der Waals surface area contributed by atoms with Gasteiger partial charge in [0.1, 0.15) is 11.6 Å². The van der Waals surface area contributed by atoms with Crippen molar-refractivity contribution in [2.24, 2.45) is 12.9 Å². The predicted molar refractivity (Wildman–Crippen MR) is 53.4 cm³/mol. The number of nitrogens with zero attached hydrogens (tertiary/aromatic N) is 2. The fourth-order valence-corrected chi connectivity index (χ4v) is 1.41. The molecule has 78 valence electrons. The fraction of sp³-hybridized carbons (Fsp3) is 0.100. The molecule has 0 unspecified atom stereocenters. The summed E-state index contributed by atoms with van der Waals surface area (Å²) in [6, 6.07) is 6.18. The van der Waals surface area contributed by atoms with Crippen LogP contribution in [0.1, 0.15) is 0 Å². The summed E-state index contributed by atoms with van der Waals surface area (Å²) in [7, 11) is 1.75. The third-order valence-corrected chi connectivity index (χ3v) is 2.17. The standard InChI is InChI=1S/C10H10FN3O/c1-14-10(4-5-13-14)8-3-2-7(15-12)6-9(8)11/h2-6H,12H2,1H3. The van der Waals surface area contributed by atoms with Gasteiger partial charge in [-0.25, -0.2) is 4.39 Å². The van der Waals surface area contributed by atoms with Gasteiger partial charge in [0, 0.05) is 24.9 Å². The monoisotopic (exact) mass is 207 g/mol. The van der Waals surface area contributed by atoms with E-state index in [4.69, 9.17) is 5.90 Å². The zero-order valence-electron chi connectivity index (χ0n) is 8.14. The molecule has 2 N–H and O–H groups in total. The predicted octanol–water partition coefficient (Wildman–Crippen LogP) is 1.48. The summed E-state index contributed by atoms with van der Waals surface area (Å²) in [4.78, 5) is 4.44. The molecule has 0 saturated heterocycles. The van der Waals surface area contributed by atoms with Crippen LogP contribution >= 0.6 is 0 Å². The van der Waals surface area contributed by atoms with Crippen LogP contribution in [0.15, 0.2) is 30.5 Å². The minimum atomic E-state index is -0.387. The zero-order valence-corrected chi connectivity index (χ0v) is 8.14. The van der Waals surface area contributed by atoms with Crippen LogP contribution in [0.2, 0.25) is 0 Å². The highest BCUT2D eigenvalue weighted by Crippen LogP contribution is 2.24. The number of nitrogens with two attached hydrogens (primary N) is 1. The van der Waals surface area contributed by atoms with E-state index in [1.807, 2.05) is 0 Å². The van der Waals surface area contributed by atoms with E-state index in [0.717, 1.165) is 0 Å². The Balaban J connectivity index is 2.50. The van der Waals surface area contributed by atoms with Crippen LogP contribution in [0.5, 0.6) is 5.75 Å². The Bertz CT molecular complexity index is 481. The molecule has 1 aromatic heterocycles. The molecule has 4 nitrogen and oxygen atoms in total. The lowest BCUT2D eigenvalue weighted by molar-refractivity contribution is 0.332. The molecule has 2 aromatic rings. The van der Waals surface area contributed by atoms with Crippen LogP contribution in [0.3, 0.4) is 0 Å². The lowest BCUT2D eigenvalue weighted by Crippen LogP contribution is -2.02. The molecule has 0 atom stereocenters. The van der Waals surface area contributed by atoms with Gasteiger partial charge >= 0.3 is 0 Å². The summed E-state index contributed by atoms with van der Waals surface area (Å²) in [5, 5.41) is 3.97. The number of aryl methyl sites for hydroxylation is 1. The highest BCUT2D eigenvalue weighted by atomic mass is 19.1. The lowest BCUT2D eigenvalue weighted by atomic mass is 10.1. The molecule has 1 aromatic carbocycles. The molecule has 0 saturated carbocycles. The Morgan fingerprint density at radius 3 is 2.73 bits per heavy atom. The van der Waals surface area contributed by atoms with Gasteiger partial charge in [-0.2, -0.15) is 11.0 Å². The highest BCUT2D eigenvalue weighted by Gasteiger charge is 2.09. The van der Waals surface area contributed by atoms with Crippen molar-refractivity contribution in [2.75, 3.05) is 0 Å². The van der Waals surface area contributed by atoms with E-state index in [-0.39, 0.29) is 5.82 Å². The Kier molecular flexibility index (Phi) is 2.39. The Labute approximate surface area is 86.0 Å². The van der Waals surface area contributed by atoms with Crippen molar-refractivity contribution in [1.82, 2.24) is 9.78 Å². The molecule has 1 heterocycles. The number of benzene rings is 1. The summed E-state index contributed by atoms with van der Waals surface area (Å²) >= 11 is 0. The smallest absolute Gasteiger partial charge is 0.149 e. The van der Waals surface area contributed by atoms with Crippen molar-refractivity contribution in [2.45, 2.75) is 0 Å². The maximum Gasteiger partial charge on any atom is 0.149 e. The van der Waals surface area contributed by atoms with Gasteiger partial charge in [0.15, 0.2) is 0 Å². The van der Waals surface area contributed by atoms with E-state index in [1.54, 1.807) is 36.1 Å². The SMILES string of the molecule is Cn1nccc1-c1ccc(ON)cc1F. The molecule has 2 rings (SSSR count). The normalized spacial score (nSPS) is 10.3. The number of hydrogen-bond acceptors (Lipinski definition) is 3. The number of rotatable bonds is 2. The van der Waals surface area contributed by atoms with E-state index in [1.165, 1.54) is 6.07 Å². The molecule has 0 fully saturated rings. The maximum absolute atomic E-state index is 13.6. The van der Waals surface area contributed by atoms with Gasteiger partial charge in [-0.05, 0) is 18.2 Å². The molecule has 0 bridgehead atoms. The van der Waals surface area contributed by atoms with Gasteiger partial charge in [0.2, 0.25) is 0 Å². The van der Waals surface area contributed by atoms with Gasteiger partial charge in [-0.3, -0.25) is 4.68 Å². The van der Waals surface area contributed by atoms with Crippen LogP contribution in [-0.2, 0) is 7.05 Å². The first-order valence-corrected chi connectivity index (χ1v) is 4.37. The van der Waals surface area contributed by atoms with Crippen LogP contribution in [0, 0.1) is 5.82 Å². The van der Waals surface area contributed by atoms with Crippen molar-refractivity contribution >= 4 is 0 Å². The van der Waals surface area contributed by atoms with Gasteiger partial charge in [0.25, 0.3) is 0 Å². The van der Waals surface area contributed by atoms with E-state index < -0.39 is 0 Å². The summed E-state index contributed by atoms with van der Waals surface area (Å²) in [5.41, 5.74) is 1.17. The van der Waals surface area contributed by atoms with Crippen LogP contribution < -0.4 is 10.7 Å². The third kappa shape index (κ3) is 1.69. The molecule has 15 heavy (non-hydrogen) atoms. The van der Waals surface area contributed by atoms with E-state index >= 15 is 0 Å². The first-order chi connectivity index (χ1) is 7.22. The lowest BCUT2D eigenvalue weighted by Gasteiger charge is -2.05. The number of aromatic nitrogens is 2. The minimum Gasteiger partial charge on any atom is -0.411 e. The number of hydrogen-bond donors (Lipinski definition) is 1. The van der Waals surface area contributed by atoms with E-state index in [0.29, 0.717) is 17.0 Å². The molecular formula is C10H10FN3O. The van der Waals surface area contributed by atoms with Gasteiger partial charge in [0.05, 0.1) is 5.69 Å². The number of halogens is 1. The van der Waals surface area contributed by atoms with Crippen molar-refractivity contribution in [3.8, 4) is 17.0 Å². The van der Waals surface area contributed by atoms with Gasteiger partial charge in [-0.1, -0.05) is 0 Å². The molecule has 0 aliphatic heterocycles. The molecule has 0 amide bonds. The summed E-state index contributed by atoms with van der Waals surface area (Å²) < 4.78 is 15.2. The van der Waals surface area contributed by atoms with Gasteiger partial charge < -0.3 is 4.84 Å². The van der Waals surface area contributed by atoms with Crippen LogP contribution in [0.4, 0.5) is 4.39 Å². The average Bonchev–Trinajstić information content (AvgIpc) is 2.64. The minimum absolute atomic E-state index is 0.290. The maximum atomic E-state index is 13.6. The molecule has 0 aliphatic rings. The first-order valence-electron chi connectivity index (χ1n) is 4.37. The van der Waals surface area contributed by atoms with Crippen molar-refractivity contribution in [1.29, 1.82) is 0 Å². The Hall–Kier alpha value is -1.88.